The van der Waals surface area contributed by atoms with Gasteiger partial charge < -0.3 is 14.2 Å². The molecule has 0 saturated heterocycles. The number of aromatic nitrogens is 3. The lowest BCUT2D eigenvalue weighted by molar-refractivity contribution is 0.355. The van der Waals surface area contributed by atoms with Crippen molar-refractivity contribution in [1.82, 2.24) is 14.6 Å². The van der Waals surface area contributed by atoms with Crippen molar-refractivity contribution in [3.05, 3.63) is 62.9 Å². The Kier molecular flexibility index (Phi) is 4.70. The third kappa shape index (κ3) is 3.07. The summed E-state index contributed by atoms with van der Waals surface area (Å²) in [6.07, 6.45) is 1.83. The highest BCUT2D eigenvalue weighted by Gasteiger charge is 2.16. The van der Waals surface area contributed by atoms with Crippen molar-refractivity contribution >= 4 is 22.4 Å². The largest absolute Gasteiger partial charge is 0.497 e. The summed E-state index contributed by atoms with van der Waals surface area (Å²) in [5, 5.41) is 8.35. The van der Waals surface area contributed by atoms with Crippen LogP contribution in [0.1, 0.15) is 5.56 Å². The Hall–Kier alpha value is -3.39. The fraction of sp³-hybridized carbons (Fsp3) is 0.150. The van der Waals surface area contributed by atoms with Crippen molar-refractivity contribution in [3.63, 3.8) is 0 Å². The van der Waals surface area contributed by atoms with E-state index in [2.05, 4.69) is 10.2 Å². The maximum Gasteiger partial charge on any atom is 0.276 e. The smallest absolute Gasteiger partial charge is 0.276 e. The van der Waals surface area contributed by atoms with Gasteiger partial charge in [-0.05, 0) is 42.0 Å². The minimum Gasteiger partial charge on any atom is -0.497 e. The van der Waals surface area contributed by atoms with Gasteiger partial charge in [0.1, 0.15) is 5.75 Å². The number of hydrogen-bond donors (Lipinski definition) is 0. The Labute approximate surface area is 164 Å². The molecule has 8 heteroatoms. The fourth-order valence-electron chi connectivity index (χ4n) is 2.88. The molecule has 0 N–H and O–H groups in total. The van der Waals surface area contributed by atoms with E-state index in [1.54, 1.807) is 33.5 Å². The minimum absolute atomic E-state index is 0.161. The Morgan fingerprint density at radius 2 is 1.68 bits per heavy atom. The summed E-state index contributed by atoms with van der Waals surface area (Å²) in [6, 6.07) is 12.9. The number of thiazole rings is 1. The zero-order valence-electron chi connectivity index (χ0n) is 15.5. The second kappa shape index (κ2) is 7.32. The van der Waals surface area contributed by atoms with Crippen LogP contribution in [0.3, 0.4) is 0 Å². The third-order valence-corrected chi connectivity index (χ3v) is 5.26. The van der Waals surface area contributed by atoms with E-state index in [1.165, 1.54) is 15.7 Å². The molecule has 0 aliphatic heterocycles. The number of fused-ring (bicyclic) bond motifs is 1. The Bertz CT molecular complexity index is 1250. The van der Waals surface area contributed by atoms with Crippen molar-refractivity contribution in [2.45, 2.75) is 0 Å². The van der Waals surface area contributed by atoms with E-state index in [0.717, 1.165) is 16.9 Å². The van der Waals surface area contributed by atoms with Crippen LogP contribution in [-0.4, -0.2) is 35.9 Å². The molecule has 4 rings (SSSR count). The lowest BCUT2D eigenvalue weighted by atomic mass is 10.2. The maximum atomic E-state index is 13.0. The molecule has 0 radical (unpaired) electrons. The van der Waals surface area contributed by atoms with Gasteiger partial charge in [-0.25, -0.2) is 4.40 Å². The van der Waals surface area contributed by atoms with Crippen molar-refractivity contribution < 1.29 is 14.2 Å². The molecular weight excluding hydrogens is 378 g/mol. The quantitative estimate of drug-likeness (QED) is 0.517. The lowest BCUT2D eigenvalue weighted by Gasteiger charge is -2.08. The summed E-state index contributed by atoms with van der Waals surface area (Å²) >= 11 is 1.30. The standard InChI is InChI=1S/C20H17N3O4S/c1-25-14-7-4-12(5-8-14)10-17-19(24)23-18(21-22-20(23)28-17)13-6-9-15(26-2)16(11-13)27-3/h4-11H,1-3H3. The van der Waals surface area contributed by atoms with Gasteiger partial charge in [-0.3, -0.25) is 4.79 Å². The second-order valence-corrected chi connectivity index (χ2v) is 6.91. The van der Waals surface area contributed by atoms with Crippen LogP contribution < -0.4 is 24.3 Å². The molecule has 0 fully saturated rings. The van der Waals surface area contributed by atoms with Crippen LogP contribution in [-0.2, 0) is 0 Å². The van der Waals surface area contributed by atoms with E-state index in [4.69, 9.17) is 14.2 Å². The molecule has 142 valence electrons. The van der Waals surface area contributed by atoms with E-state index in [-0.39, 0.29) is 5.56 Å². The molecule has 2 aromatic carbocycles. The van der Waals surface area contributed by atoms with Crippen molar-refractivity contribution in [2.24, 2.45) is 0 Å². The average molecular weight is 395 g/mol. The average Bonchev–Trinajstić information content (AvgIpc) is 3.28. The molecule has 0 aliphatic rings. The van der Waals surface area contributed by atoms with Crippen molar-refractivity contribution in [1.29, 1.82) is 0 Å². The molecule has 0 bridgehead atoms. The lowest BCUT2D eigenvalue weighted by Crippen LogP contribution is -2.23. The minimum atomic E-state index is -0.161. The molecule has 0 unspecified atom stereocenters. The highest BCUT2D eigenvalue weighted by molar-refractivity contribution is 7.15. The molecular formula is C20H17N3O4S. The van der Waals surface area contributed by atoms with Gasteiger partial charge >= 0.3 is 0 Å². The van der Waals surface area contributed by atoms with Gasteiger partial charge in [0.05, 0.1) is 25.9 Å². The van der Waals surface area contributed by atoms with Crippen molar-refractivity contribution in [3.8, 4) is 28.6 Å². The SMILES string of the molecule is COc1ccc(C=c2sc3nnc(-c4ccc(OC)c(OC)c4)n3c2=O)cc1. The molecule has 0 amide bonds. The Balaban J connectivity index is 1.83. The van der Waals surface area contributed by atoms with E-state index in [1.807, 2.05) is 36.4 Å². The van der Waals surface area contributed by atoms with Crippen molar-refractivity contribution in [2.75, 3.05) is 21.3 Å². The monoisotopic (exact) mass is 395 g/mol. The molecule has 0 saturated carbocycles. The van der Waals surface area contributed by atoms with Crippen LogP contribution >= 0.6 is 11.3 Å². The van der Waals surface area contributed by atoms with E-state index in [0.29, 0.717) is 26.8 Å². The van der Waals surface area contributed by atoms with Crippen LogP contribution in [0.5, 0.6) is 17.2 Å². The number of benzene rings is 2. The molecule has 0 atom stereocenters. The molecule has 0 spiro atoms. The van der Waals surface area contributed by atoms with E-state index in [9.17, 15) is 4.79 Å². The van der Waals surface area contributed by atoms with Gasteiger partial charge in [0.15, 0.2) is 17.3 Å². The summed E-state index contributed by atoms with van der Waals surface area (Å²) in [6.45, 7) is 0. The van der Waals surface area contributed by atoms with Crippen LogP contribution in [0, 0.1) is 0 Å². The van der Waals surface area contributed by atoms with Crippen LogP contribution in [0.2, 0.25) is 0 Å². The first-order valence-corrected chi connectivity index (χ1v) is 9.22. The number of methoxy groups -OCH3 is 3. The fourth-order valence-corrected chi connectivity index (χ4v) is 3.79. The molecule has 2 aromatic heterocycles. The first kappa shape index (κ1) is 18.0. The van der Waals surface area contributed by atoms with Gasteiger partial charge in [-0.2, -0.15) is 0 Å². The first-order valence-electron chi connectivity index (χ1n) is 8.40. The van der Waals surface area contributed by atoms with Crippen LogP contribution in [0.4, 0.5) is 0 Å². The van der Waals surface area contributed by atoms with Crippen LogP contribution in [0.15, 0.2) is 47.3 Å². The number of ether oxygens (including phenoxy) is 3. The Morgan fingerprint density at radius 3 is 2.36 bits per heavy atom. The number of nitrogens with zero attached hydrogens (tertiary/aromatic N) is 3. The predicted octanol–water partition coefficient (Wildman–Crippen LogP) is 2.39. The number of rotatable bonds is 5. The molecule has 2 heterocycles. The zero-order chi connectivity index (χ0) is 19.7. The summed E-state index contributed by atoms with van der Waals surface area (Å²) in [5.74, 6) is 2.39. The predicted molar refractivity (Wildman–Crippen MR) is 107 cm³/mol. The molecule has 0 aliphatic carbocycles. The van der Waals surface area contributed by atoms with Gasteiger partial charge in [-0.15, -0.1) is 10.2 Å². The normalized spacial score (nSPS) is 11.8. The maximum absolute atomic E-state index is 13.0. The summed E-state index contributed by atoms with van der Waals surface area (Å²) < 4.78 is 17.9. The highest BCUT2D eigenvalue weighted by Crippen LogP contribution is 2.31. The zero-order valence-corrected chi connectivity index (χ0v) is 16.3. The third-order valence-electron chi connectivity index (χ3n) is 4.30. The topological polar surface area (TPSA) is 75.0 Å². The van der Waals surface area contributed by atoms with Crippen LogP contribution in [0.25, 0.3) is 22.4 Å². The molecule has 7 nitrogen and oxygen atoms in total. The first-order chi connectivity index (χ1) is 13.6. The summed E-state index contributed by atoms with van der Waals surface area (Å²) in [5.41, 5.74) is 1.46. The Morgan fingerprint density at radius 1 is 0.929 bits per heavy atom. The summed E-state index contributed by atoms with van der Waals surface area (Å²) in [4.78, 5) is 13.5. The van der Waals surface area contributed by atoms with Gasteiger partial charge in [0, 0.05) is 5.56 Å². The van der Waals surface area contributed by atoms with Gasteiger partial charge in [-0.1, -0.05) is 23.5 Å². The van der Waals surface area contributed by atoms with Gasteiger partial charge in [0.2, 0.25) is 4.96 Å². The second-order valence-electron chi connectivity index (χ2n) is 5.90. The summed E-state index contributed by atoms with van der Waals surface area (Å²) in [7, 11) is 4.75. The van der Waals surface area contributed by atoms with E-state index < -0.39 is 0 Å². The highest BCUT2D eigenvalue weighted by atomic mass is 32.1. The number of hydrogen-bond acceptors (Lipinski definition) is 7. The molecule has 28 heavy (non-hydrogen) atoms. The van der Waals surface area contributed by atoms with Gasteiger partial charge in [0.25, 0.3) is 5.56 Å². The molecule has 4 aromatic rings. The van der Waals surface area contributed by atoms with E-state index >= 15 is 0 Å².